The molecule has 2 aliphatic rings. The highest BCUT2D eigenvalue weighted by Crippen LogP contribution is 2.49. The molecule has 0 saturated carbocycles. The molecule has 1 aromatic heterocycles. The van der Waals surface area contributed by atoms with Gasteiger partial charge in [0.05, 0.1) is 0 Å². The van der Waals surface area contributed by atoms with Gasteiger partial charge in [-0.3, -0.25) is 9.36 Å². The Kier molecular flexibility index (Phi) is 3.61. The fraction of sp³-hybridized carbons (Fsp3) is 0.474. The standard InChI is InChI=1S/C19H23N3O3/c1-10-14(15-17(23)21(2)19(25)22(3)18(15)24)13-9-8-11-6-4-5-7-12(11)16(13)20-10/h4-7,10,13-14,16,20,23H,8-9H2,1-3H3/p-1. The summed E-state index contributed by atoms with van der Waals surface area (Å²) < 4.78 is 2.10. The van der Waals surface area contributed by atoms with Gasteiger partial charge in [-0.05, 0) is 42.7 Å². The van der Waals surface area contributed by atoms with E-state index in [2.05, 4.69) is 17.4 Å². The van der Waals surface area contributed by atoms with E-state index in [1.807, 2.05) is 19.1 Å². The minimum Gasteiger partial charge on any atom is -0.860 e. The molecule has 0 radical (unpaired) electrons. The molecular weight excluding hydrogens is 318 g/mol. The summed E-state index contributed by atoms with van der Waals surface area (Å²) in [4.78, 5) is 24.8. The van der Waals surface area contributed by atoms with Gasteiger partial charge in [-0.15, -0.1) is 0 Å². The summed E-state index contributed by atoms with van der Waals surface area (Å²) in [5, 5.41) is 16.3. The molecule has 4 unspecified atom stereocenters. The number of rotatable bonds is 1. The number of aromatic nitrogens is 2. The number of nitrogens with zero attached hydrogens (tertiary/aromatic N) is 2. The highest BCUT2D eigenvalue weighted by atomic mass is 16.3. The van der Waals surface area contributed by atoms with Crippen molar-refractivity contribution in [2.75, 3.05) is 0 Å². The number of nitrogens with one attached hydrogen (secondary N) is 1. The number of aryl methyl sites for hydroxylation is 1. The molecule has 2 aromatic rings. The second-order valence-electron chi connectivity index (χ2n) is 7.28. The molecule has 25 heavy (non-hydrogen) atoms. The van der Waals surface area contributed by atoms with Crippen molar-refractivity contribution < 1.29 is 5.11 Å². The van der Waals surface area contributed by atoms with E-state index in [0.29, 0.717) is 0 Å². The van der Waals surface area contributed by atoms with Crippen LogP contribution in [0.5, 0.6) is 5.88 Å². The first kappa shape index (κ1) is 16.1. The smallest absolute Gasteiger partial charge is 0.329 e. The first-order chi connectivity index (χ1) is 11.9. The van der Waals surface area contributed by atoms with Crippen LogP contribution >= 0.6 is 0 Å². The maximum absolute atomic E-state index is 12.7. The van der Waals surface area contributed by atoms with Crippen LogP contribution in [0.2, 0.25) is 0 Å². The summed E-state index contributed by atoms with van der Waals surface area (Å²) in [5.74, 6) is -0.453. The summed E-state index contributed by atoms with van der Waals surface area (Å²) in [6.45, 7) is 2.02. The zero-order chi connectivity index (χ0) is 17.9. The average Bonchev–Trinajstić information content (AvgIpc) is 2.95. The van der Waals surface area contributed by atoms with E-state index in [0.717, 1.165) is 22.0 Å². The lowest BCUT2D eigenvalue weighted by Crippen LogP contribution is -2.42. The van der Waals surface area contributed by atoms with E-state index in [9.17, 15) is 14.7 Å². The van der Waals surface area contributed by atoms with Crippen molar-refractivity contribution in [1.29, 1.82) is 0 Å². The highest BCUT2D eigenvalue weighted by Gasteiger charge is 2.45. The number of fused-ring (bicyclic) bond motifs is 3. The monoisotopic (exact) mass is 340 g/mol. The molecule has 1 aliphatic carbocycles. The van der Waals surface area contributed by atoms with Crippen molar-refractivity contribution in [2.24, 2.45) is 20.0 Å². The average molecular weight is 340 g/mol. The molecule has 132 valence electrons. The molecule has 1 fully saturated rings. The third-order valence-electron chi connectivity index (χ3n) is 5.98. The molecule has 1 aliphatic heterocycles. The fourth-order valence-corrected chi connectivity index (χ4v) is 4.74. The van der Waals surface area contributed by atoms with Gasteiger partial charge in [-0.2, -0.15) is 0 Å². The Hall–Kier alpha value is -2.34. The van der Waals surface area contributed by atoms with E-state index >= 15 is 0 Å². The minimum atomic E-state index is -0.567. The van der Waals surface area contributed by atoms with Gasteiger partial charge in [0, 0.05) is 37.7 Å². The van der Waals surface area contributed by atoms with E-state index in [1.165, 1.54) is 25.2 Å². The second kappa shape index (κ2) is 5.59. The van der Waals surface area contributed by atoms with Crippen LogP contribution in [0.1, 0.15) is 42.0 Å². The zero-order valence-electron chi connectivity index (χ0n) is 14.7. The lowest BCUT2D eigenvalue weighted by Gasteiger charge is -2.32. The number of hydrogen-bond acceptors (Lipinski definition) is 4. The number of hydrogen-bond donors (Lipinski definition) is 1. The molecule has 0 spiro atoms. The van der Waals surface area contributed by atoms with Crippen molar-refractivity contribution in [3.05, 3.63) is 61.8 Å². The molecule has 2 heterocycles. The van der Waals surface area contributed by atoms with Gasteiger partial charge in [0.2, 0.25) is 0 Å². The fourth-order valence-electron chi connectivity index (χ4n) is 4.74. The summed E-state index contributed by atoms with van der Waals surface area (Å²) in [7, 11) is 2.88. The van der Waals surface area contributed by atoms with Crippen molar-refractivity contribution in [3.63, 3.8) is 0 Å². The topological polar surface area (TPSA) is 79.1 Å². The van der Waals surface area contributed by atoms with Crippen LogP contribution in [0.3, 0.4) is 0 Å². The van der Waals surface area contributed by atoms with E-state index in [-0.39, 0.29) is 29.5 Å². The molecule has 1 N–H and O–H groups in total. The summed E-state index contributed by atoms with van der Waals surface area (Å²) >= 11 is 0. The first-order valence-electron chi connectivity index (χ1n) is 8.72. The molecule has 6 nitrogen and oxygen atoms in total. The Morgan fingerprint density at radius 1 is 1.16 bits per heavy atom. The first-order valence-corrected chi connectivity index (χ1v) is 8.72. The lowest BCUT2D eigenvalue weighted by molar-refractivity contribution is -0.281. The SMILES string of the molecule is CC1NC2c3ccccc3CCC2C1c1c([O-])n(C)c(=O)n(C)c1=O. The maximum Gasteiger partial charge on any atom is 0.329 e. The van der Waals surface area contributed by atoms with Crippen LogP contribution in [0.25, 0.3) is 0 Å². The van der Waals surface area contributed by atoms with Gasteiger partial charge in [-0.25, -0.2) is 4.79 Å². The van der Waals surface area contributed by atoms with Gasteiger partial charge in [-0.1, -0.05) is 24.3 Å². The third kappa shape index (κ3) is 2.20. The summed E-state index contributed by atoms with van der Waals surface area (Å²) in [6, 6.07) is 8.50. The van der Waals surface area contributed by atoms with Crippen LogP contribution in [0.4, 0.5) is 0 Å². The Balaban J connectivity index is 1.87. The predicted octanol–water partition coefficient (Wildman–Crippen LogP) is 0.537. The second-order valence-corrected chi connectivity index (χ2v) is 7.28. The van der Waals surface area contributed by atoms with Crippen LogP contribution in [0.15, 0.2) is 33.9 Å². The maximum atomic E-state index is 12.7. The van der Waals surface area contributed by atoms with Crippen LogP contribution in [-0.4, -0.2) is 15.2 Å². The van der Waals surface area contributed by atoms with E-state index < -0.39 is 17.1 Å². The van der Waals surface area contributed by atoms with Crippen molar-refractivity contribution in [2.45, 2.75) is 37.8 Å². The highest BCUT2D eigenvalue weighted by molar-refractivity contribution is 5.38. The van der Waals surface area contributed by atoms with Crippen molar-refractivity contribution >= 4 is 0 Å². The van der Waals surface area contributed by atoms with Gasteiger partial charge in [0.1, 0.15) is 0 Å². The van der Waals surface area contributed by atoms with Crippen molar-refractivity contribution in [1.82, 2.24) is 14.5 Å². The minimum absolute atomic E-state index is 0.000872. The Labute approximate surface area is 145 Å². The van der Waals surface area contributed by atoms with Gasteiger partial charge < -0.3 is 15.0 Å². The van der Waals surface area contributed by atoms with Crippen LogP contribution < -0.4 is 21.7 Å². The Morgan fingerprint density at radius 2 is 1.88 bits per heavy atom. The van der Waals surface area contributed by atoms with Gasteiger partial charge in [0.25, 0.3) is 5.56 Å². The predicted molar refractivity (Wildman–Crippen MR) is 92.7 cm³/mol. The molecular formula is C19H22N3O3-. The summed E-state index contributed by atoms with van der Waals surface area (Å²) in [5.41, 5.74) is 1.83. The largest absolute Gasteiger partial charge is 0.860 e. The molecule has 1 saturated heterocycles. The Morgan fingerprint density at radius 3 is 2.64 bits per heavy atom. The Bertz CT molecular complexity index is 959. The molecule has 4 atom stereocenters. The summed E-state index contributed by atoms with van der Waals surface area (Å²) in [6.07, 6.45) is 1.87. The van der Waals surface area contributed by atoms with Crippen molar-refractivity contribution in [3.8, 4) is 5.88 Å². The van der Waals surface area contributed by atoms with Crippen LogP contribution in [-0.2, 0) is 20.5 Å². The van der Waals surface area contributed by atoms with Gasteiger partial charge in [0.15, 0.2) is 0 Å². The quantitative estimate of drug-likeness (QED) is 0.822. The van der Waals surface area contributed by atoms with E-state index in [1.54, 1.807) is 0 Å². The third-order valence-corrected chi connectivity index (χ3v) is 5.98. The van der Waals surface area contributed by atoms with E-state index in [4.69, 9.17) is 0 Å². The number of benzene rings is 1. The molecule has 6 heteroatoms. The molecule has 1 aromatic carbocycles. The molecule has 4 rings (SSSR count). The molecule has 0 bridgehead atoms. The lowest BCUT2D eigenvalue weighted by atomic mass is 9.73. The van der Waals surface area contributed by atoms with Gasteiger partial charge >= 0.3 is 5.69 Å². The zero-order valence-corrected chi connectivity index (χ0v) is 14.7. The van der Waals surface area contributed by atoms with Crippen LogP contribution in [0, 0.1) is 5.92 Å². The normalized spacial score (nSPS) is 27.8. The molecule has 0 amide bonds.